The molecule has 2 unspecified atom stereocenters. The molecular formula is C18H21NOS. The third-order valence-corrected chi connectivity index (χ3v) is 4.87. The van der Waals surface area contributed by atoms with Gasteiger partial charge >= 0.3 is 0 Å². The number of fused-ring (bicyclic) bond motifs is 3. The third-order valence-electron chi connectivity index (χ3n) is 4.07. The molecule has 0 spiro atoms. The summed E-state index contributed by atoms with van der Waals surface area (Å²) >= 11 is 0. The van der Waals surface area contributed by atoms with E-state index < -0.39 is 10.8 Å². The van der Waals surface area contributed by atoms with Gasteiger partial charge in [-0.2, -0.15) is 0 Å². The van der Waals surface area contributed by atoms with Crippen LogP contribution in [-0.4, -0.2) is 22.8 Å². The number of hydrogen-bond acceptors (Lipinski definition) is 2. The van der Waals surface area contributed by atoms with Gasteiger partial charge in [0, 0.05) is 28.9 Å². The Labute approximate surface area is 129 Å². The van der Waals surface area contributed by atoms with E-state index in [0.29, 0.717) is 5.75 Å². The van der Waals surface area contributed by atoms with Crippen LogP contribution >= 0.6 is 0 Å². The van der Waals surface area contributed by atoms with Gasteiger partial charge in [-0.15, -0.1) is 0 Å². The second kappa shape index (κ2) is 6.12. The first-order valence-corrected chi connectivity index (χ1v) is 9.16. The Morgan fingerprint density at radius 3 is 2.67 bits per heavy atom. The van der Waals surface area contributed by atoms with Crippen molar-refractivity contribution in [1.29, 1.82) is 0 Å². The van der Waals surface area contributed by atoms with Crippen molar-refractivity contribution >= 4 is 10.8 Å². The average Bonchev–Trinajstić information content (AvgIpc) is 2.84. The highest BCUT2D eigenvalue weighted by atomic mass is 32.2. The third kappa shape index (κ3) is 2.94. The van der Waals surface area contributed by atoms with E-state index in [1.165, 1.54) is 27.8 Å². The zero-order valence-electron chi connectivity index (χ0n) is 12.6. The molecule has 0 amide bonds. The van der Waals surface area contributed by atoms with Crippen molar-refractivity contribution < 1.29 is 4.21 Å². The Bertz CT molecular complexity index is 681. The minimum atomic E-state index is -0.798. The normalized spacial score (nSPS) is 15.3. The zero-order valence-corrected chi connectivity index (χ0v) is 13.4. The van der Waals surface area contributed by atoms with Gasteiger partial charge in [-0.05, 0) is 40.8 Å². The molecule has 0 fully saturated rings. The molecule has 110 valence electrons. The largest absolute Gasteiger partial charge is 0.309 e. The van der Waals surface area contributed by atoms with E-state index in [0.717, 1.165) is 13.0 Å². The maximum absolute atomic E-state index is 11.6. The Balaban J connectivity index is 1.93. The summed E-state index contributed by atoms with van der Waals surface area (Å²) in [4.78, 5) is 0. The Hall–Kier alpha value is -1.45. The smallest absolute Gasteiger partial charge is 0.0436 e. The molecule has 1 aliphatic carbocycles. The van der Waals surface area contributed by atoms with Crippen molar-refractivity contribution in [2.75, 3.05) is 18.6 Å². The summed E-state index contributed by atoms with van der Waals surface area (Å²) in [6, 6.07) is 15.5. The highest BCUT2D eigenvalue weighted by Crippen LogP contribution is 2.37. The van der Waals surface area contributed by atoms with E-state index in [-0.39, 0.29) is 6.04 Å². The highest BCUT2D eigenvalue weighted by molar-refractivity contribution is 7.84. The van der Waals surface area contributed by atoms with Crippen LogP contribution in [0.3, 0.4) is 0 Å². The number of nitrogens with one attached hydrogen (secondary N) is 1. The maximum Gasteiger partial charge on any atom is 0.0436 e. The molecule has 0 saturated carbocycles. The lowest BCUT2D eigenvalue weighted by atomic mass is 10.0. The molecule has 2 atom stereocenters. The second-order valence-corrected chi connectivity index (χ2v) is 7.08. The fourth-order valence-corrected chi connectivity index (χ4v) is 3.92. The predicted octanol–water partition coefficient (Wildman–Crippen LogP) is 3.29. The molecule has 1 aliphatic rings. The van der Waals surface area contributed by atoms with Crippen LogP contribution in [-0.2, 0) is 17.2 Å². The Morgan fingerprint density at radius 1 is 1.14 bits per heavy atom. The summed E-state index contributed by atoms with van der Waals surface area (Å²) in [6.07, 6.45) is 2.78. The molecule has 21 heavy (non-hydrogen) atoms. The van der Waals surface area contributed by atoms with Gasteiger partial charge in [0.05, 0.1) is 0 Å². The fourth-order valence-electron chi connectivity index (χ4n) is 3.14. The molecule has 0 radical (unpaired) electrons. The SMILES string of the molecule is CCNC(CS(C)=O)c1ccc2c(c1)Cc1ccccc1-2. The highest BCUT2D eigenvalue weighted by Gasteiger charge is 2.20. The molecule has 0 saturated heterocycles. The van der Waals surface area contributed by atoms with Crippen LogP contribution in [0, 0.1) is 0 Å². The fraction of sp³-hybridized carbons (Fsp3) is 0.333. The molecule has 1 N–H and O–H groups in total. The zero-order chi connectivity index (χ0) is 14.8. The number of benzene rings is 2. The minimum Gasteiger partial charge on any atom is -0.309 e. The van der Waals surface area contributed by atoms with E-state index in [1.54, 1.807) is 6.26 Å². The topological polar surface area (TPSA) is 29.1 Å². The van der Waals surface area contributed by atoms with E-state index >= 15 is 0 Å². The van der Waals surface area contributed by atoms with Crippen molar-refractivity contribution in [3.05, 3.63) is 59.2 Å². The van der Waals surface area contributed by atoms with Crippen LogP contribution in [0.1, 0.15) is 29.7 Å². The van der Waals surface area contributed by atoms with Gasteiger partial charge < -0.3 is 5.32 Å². The molecule has 0 aliphatic heterocycles. The summed E-state index contributed by atoms with van der Waals surface area (Å²) in [5.41, 5.74) is 6.75. The monoisotopic (exact) mass is 299 g/mol. The van der Waals surface area contributed by atoms with Crippen molar-refractivity contribution in [2.24, 2.45) is 0 Å². The lowest BCUT2D eigenvalue weighted by molar-refractivity contribution is 0.595. The van der Waals surface area contributed by atoms with Crippen LogP contribution in [0.2, 0.25) is 0 Å². The molecule has 0 bridgehead atoms. The van der Waals surface area contributed by atoms with Gasteiger partial charge in [0.2, 0.25) is 0 Å². The second-order valence-electron chi connectivity index (χ2n) is 5.60. The average molecular weight is 299 g/mol. The van der Waals surface area contributed by atoms with E-state index in [2.05, 4.69) is 54.7 Å². The Kier molecular flexibility index (Phi) is 4.22. The van der Waals surface area contributed by atoms with Crippen LogP contribution in [0.15, 0.2) is 42.5 Å². The summed E-state index contributed by atoms with van der Waals surface area (Å²) < 4.78 is 11.6. The summed E-state index contributed by atoms with van der Waals surface area (Å²) in [5, 5.41) is 3.45. The molecule has 0 heterocycles. The summed E-state index contributed by atoms with van der Waals surface area (Å²) in [6.45, 7) is 2.98. The number of hydrogen-bond donors (Lipinski definition) is 1. The van der Waals surface area contributed by atoms with E-state index in [9.17, 15) is 4.21 Å². The van der Waals surface area contributed by atoms with Crippen molar-refractivity contribution in [3.63, 3.8) is 0 Å². The standard InChI is InChI=1S/C18H21NOS/c1-3-19-18(12-21(2)20)14-8-9-17-15(11-14)10-13-6-4-5-7-16(13)17/h4-9,11,18-19H,3,10,12H2,1-2H3. The van der Waals surface area contributed by atoms with Gasteiger partial charge in [0.25, 0.3) is 0 Å². The van der Waals surface area contributed by atoms with Gasteiger partial charge in [-0.1, -0.05) is 49.4 Å². The van der Waals surface area contributed by atoms with Crippen LogP contribution in [0.25, 0.3) is 11.1 Å². The predicted molar refractivity (Wildman–Crippen MR) is 90.0 cm³/mol. The molecular weight excluding hydrogens is 278 g/mol. The molecule has 0 aromatic heterocycles. The molecule has 3 rings (SSSR count). The van der Waals surface area contributed by atoms with Gasteiger partial charge in [0.15, 0.2) is 0 Å². The first-order valence-electron chi connectivity index (χ1n) is 7.43. The van der Waals surface area contributed by atoms with Gasteiger partial charge in [0.1, 0.15) is 0 Å². The molecule has 2 aromatic rings. The van der Waals surface area contributed by atoms with E-state index in [4.69, 9.17) is 0 Å². The molecule has 2 aromatic carbocycles. The van der Waals surface area contributed by atoms with Crippen molar-refractivity contribution in [2.45, 2.75) is 19.4 Å². The van der Waals surface area contributed by atoms with Crippen LogP contribution < -0.4 is 5.32 Å². The quantitative estimate of drug-likeness (QED) is 0.783. The molecule has 3 heteroatoms. The van der Waals surface area contributed by atoms with Crippen LogP contribution in [0.4, 0.5) is 0 Å². The van der Waals surface area contributed by atoms with E-state index in [1.807, 2.05) is 0 Å². The van der Waals surface area contributed by atoms with Gasteiger partial charge in [-0.25, -0.2) is 0 Å². The minimum absolute atomic E-state index is 0.176. The lowest BCUT2D eigenvalue weighted by Crippen LogP contribution is -2.25. The maximum atomic E-state index is 11.6. The first-order chi connectivity index (χ1) is 10.2. The van der Waals surface area contributed by atoms with Crippen LogP contribution in [0.5, 0.6) is 0 Å². The van der Waals surface area contributed by atoms with Crippen molar-refractivity contribution in [1.82, 2.24) is 5.32 Å². The molecule has 2 nitrogen and oxygen atoms in total. The number of rotatable bonds is 5. The van der Waals surface area contributed by atoms with Gasteiger partial charge in [-0.3, -0.25) is 4.21 Å². The summed E-state index contributed by atoms with van der Waals surface area (Å²) in [5.74, 6) is 0.666. The first kappa shape index (κ1) is 14.5. The summed E-state index contributed by atoms with van der Waals surface area (Å²) in [7, 11) is -0.798. The van der Waals surface area contributed by atoms with Crippen molar-refractivity contribution in [3.8, 4) is 11.1 Å². The Morgan fingerprint density at radius 2 is 1.90 bits per heavy atom. The lowest BCUT2D eigenvalue weighted by Gasteiger charge is -2.18.